The standard InChI is InChI=1S/C18H29N3S2/c1-17(2)10-13(11-18(3,4)20-17)19-16(22)21(14-7-8-14)12-15-6-5-9-23-15/h5-6,9,13-14,20H,7-8,10-12H2,1-4H3,(H,19,22). The van der Waals surface area contributed by atoms with E-state index in [1.807, 2.05) is 11.3 Å². The molecule has 1 saturated heterocycles. The second kappa shape index (κ2) is 6.34. The Kier molecular flexibility index (Phi) is 4.73. The lowest BCUT2D eigenvalue weighted by Crippen LogP contribution is -2.63. The summed E-state index contributed by atoms with van der Waals surface area (Å²) in [7, 11) is 0. The van der Waals surface area contributed by atoms with E-state index in [1.54, 1.807) is 0 Å². The number of thiocarbonyl (C=S) groups is 1. The molecule has 1 aliphatic heterocycles. The van der Waals surface area contributed by atoms with Crippen LogP contribution in [0.3, 0.4) is 0 Å². The van der Waals surface area contributed by atoms with Crippen molar-refractivity contribution in [3.63, 3.8) is 0 Å². The van der Waals surface area contributed by atoms with Gasteiger partial charge in [0.05, 0.1) is 6.54 Å². The number of thiophene rings is 1. The van der Waals surface area contributed by atoms with Crippen LogP contribution < -0.4 is 10.6 Å². The van der Waals surface area contributed by atoms with Gasteiger partial charge in [-0.25, -0.2) is 0 Å². The minimum absolute atomic E-state index is 0.146. The average Bonchev–Trinajstić information content (AvgIpc) is 3.08. The lowest BCUT2D eigenvalue weighted by atomic mass is 9.80. The summed E-state index contributed by atoms with van der Waals surface area (Å²) in [6.07, 6.45) is 4.76. The van der Waals surface area contributed by atoms with E-state index in [9.17, 15) is 0 Å². The van der Waals surface area contributed by atoms with Gasteiger partial charge in [0.2, 0.25) is 0 Å². The quantitative estimate of drug-likeness (QED) is 0.805. The molecule has 1 aliphatic carbocycles. The van der Waals surface area contributed by atoms with Gasteiger partial charge in [-0.15, -0.1) is 11.3 Å². The molecule has 0 unspecified atom stereocenters. The van der Waals surface area contributed by atoms with E-state index in [-0.39, 0.29) is 11.1 Å². The van der Waals surface area contributed by atoms with E-state index < -0.39 is 0 Å². The molecule has 1 aromatic heterocycles. The van der Waals surface area contributed by atoms with Gasteiger partial charge in [-0.3, -0.25) is 0 Å². The van der Waals surface area contributed by atoms with Crippen molar-refractivity contribution in [2.75, 3.05) is 0 Å². The summed E-state index contributed by atoms with van der Waals surface area (Å²) in [4.78, 5) is 3.80. The lowest BCUT2D eigenvalue weighted by Gasteiger charge is -2.47. The summed E-state index contributed by atoms with van der Waals surface area (Å²) >= 11 is 7.61. The summed E-state index contributed by atoms with van der Waals surface area (Å²) < 4.78 is 0. The molecule has 0 radical (unpaired) electrons. The molecule has 2 aliphatic rings. The Hall–Kier alpha value is -0.650. The number of nitrogens with zero attached hydrogens (tertiary/aromatic N) is 1. The molecular weight excluding hydrogens is 322 g/mol. The van der Waals surface area contributed by atoms with Crippen LogP contribution in [0, 0.1) is 0 Å². The van der Waals surface area contributed by atoms with Crippen molar-refractivity contribution in [3.8, 4) is 0 Å². The van der Waals surface area contributed by atoms with Gasteiger partial charge in [0.25, 0.3) is 0 Å². The largest absolute Gasteiger partial charge is 0.360 e. The van der Waals surface area contributed by atoms with Crippen LogP contribution in [0.15, 0.2) is 17.5 Å². The second-order valence-corrected chi connectivity index (χ2v) is 9.80. The Morgan fingerprint density at radius 1 is 1.30 bits per heavy atom. The van der Waals surface area contributed by atoms with Gasteiger partial charge < -0.3 is 15.5 Å². The van der Waals surface area contributed by atoms with E-state index in [2.05, 4.69) is 60.7 Å². The van der Waals surface area contributed by atoms with E-state index in [4.69, 9.17) is 12.2 Å². The fraction of sp³-hybridized carbons (Fsp3) is 0.722. The predicted octanol–water partition coefficient (Wildman–Crippen LogP) is 3.90. The Morgan fingerprint density at radius 2 is 1.96 bits per heavy atom. The molecule has 0 spiro atoms. The van der Waals surface area contributed by atoms with E-state index in [1.165, 1.54) is 17.7 Å². The molecule has 3 rings (SSSR count). The van der Waals surface area contributed by atoms with Gasteiger partial charge in [-0.1, -0.05) is 6.07 Å². The normalized spacial score (nSPS) is 23.5. The Morgan fingerprint density at radius 3 is 2.48 bits per heavy atom. The van der Waals surface area contributed by atoms with Gasteiger partial charge in [0.1, 0.15) is 0 Å². The van der Waals surface area contributed by atoms with Crippen LogP contribution in [0.2, 0.25) is 0 Å². The fourth-order valence-corrected chi connectivity index (χ4v) is 5.09. The summed E-state index contributed by atoms with van der Waals surface area (Å²) in [5.74, 6) is 0. The molecule has 23 heavy (non-hydrogen) atoms. The zero-order valence-corrected chi connectivity index (χ0v) is 16.3. The van der Waals surface area contributed by atoms with E-state index in [0.717, 1.165) is 24.5 Å². The first-order chi connectivity index (χ1) is 10.7. The maximum Gasteiger partial charge on any atom is 0.169 e. The van der Waals surface area contributed by atoms with Gasteiger partial charge >= 0.3 is 0 Å². The number of hydrogen-bond acceptors (Lipinski definition) is 3. The zero-order chi connectivity index (χ0) is 16.7. The zero-order valence-electron chi connectivity index (χ0n) is 14.7. The SMILES string of the molecule is CC1(C)CC(NC(=S)N(Cc2cccs2)C2CC2)CC(C)(C)N1. The molecule has 1 saturated carbocycles. The van der Waals surface area contributed by atoms with Crippen molar-refractivity contribution in [1.82, 2.24) is 15.5 Å². The van der Waals surface area contributed by atoms with Crippen molar-refractivity contribution in [2.24, 2.45) is 0 Å². The predicted molar refractivity (Wildman–Crippen MR) is 103 cm³/mol. The summed E-state index contributed by atoms with van der Waals surface area (Å²) in [5, 5.41) is 10.5. The maximum atomic E-state index is 5.79. The van der Waals surface area contributed by atoms with Crippen LogP contribution in [0.4, 0.5) is 0 Å². The summed E-state index contributed by atoms with van der Waals surface area (Å²) in [6.45, 7) is 10.1. The molecule has 0 aromatic carbocycles. The van der Waals surface area contributed by atoms with Gasteiger partial charge in [-0.05, 0) is 77.0 Å². The van der Waals surface area contributed by atoms with Gasteiger partial charge in [-0.2, -0.15) is 0 Å². The monoisotopic (exact) mass is 351 g/mol. The topological polar surface area (TPSA) is 27.3 Å². The third kappa shape index (κ3) is 4.68. The third-order valence-corrected chi connectivity index (χ3v) is 5.89. The molecule has 2 N–H and O–H groups in total. The number of rotatable bonds is 4. The summed E-state index contributed by atoms with van der Waals surface area (Å²) in [6, 6.07) is 5.41. The van der Waals surface area contributed by atoms with Crippen LogP contribution in [0.5, 0.6) is 0 Å². The average molecular weight is 352 g/mol. The highest BCUT2D eigenvalue weighted by atomic mass is 32.1. The van der Waals surface area contributed by atoms with Gasteiger partial charge in [0.15, 0.2) is 5.11 Å². The smallest absolute Gasteiger partial charge is 0.169 e. The molecule has 2 heterocycles. The van der Waals surface area contributed by atoms with Crippen LogP contribution >= 0.6 is 23.6 Å². The fourth-order valence-electron chi connectivity index (χ4n) is 4.01. The van der Waals surface area contributed by atoms with Crippen molar-refractivity contribution < 1.29 is 0 Å². The first-order valence-electron chi connectivity index (χ1n) is 8.63. The lowest BCUT2D eigenvalue weighted by molar-refractivity contribution is 0.153. The Balaban J connectivity index is 1.64. The highest BCUT2D eigenvalue weighted by molar-refractivity contribution is 7.80. The first-order valence-corrected chi connectivity index (χ1v) is 9.92. The number of hydrogen-bond donors (Lipinski definition) is 2. The minimum atomic E-state index is 0.146. The maximum absolute atomic E-state index is 5.79. The molecule has 5 heteroatoms. The minimum Gasteiger partial charge on any atom is -0.360 e. The number of piperidine rings is 1. The summed E-state index contributed by atoms with van der Waals surface area (Å²) in [5.41, 5.74) is 0.292. The van der Waals surface area contributed by atoms with Crippen LogP contribution in [-0.4, -0.2) is 33.2 Å². The molecule has 0 amide bonds. The first kappa shape index (κ1) is 17.2. The molecular formula is C18H29N3S2. The van der Waals surface area contributed by atoms with E-state index >= 15 is 0 Å². The molecule has 1 aromatic rings. The molecule has 0 bridgehead atoms. The van der Waals surface area contributed by atoms with Gasteiger partial charge in [0, 0.05) is 28.0 Å². The van der Waals surface area contributed by atoms with E-state index in [0.29, 0.717) is 12.1 Å². The molecule has 2 fully saturated rings. The van der Waals surface area contributed by atoms with Crippen molar-refractivity contribution >= 4 is 28.7 Å². The number of nitrogens with one attached hydrogen (secondary N) is 2. The van der Waals surface area contributed by atoms with Crippen molar-refractivity contribution in [2.45, 2.75) is 83.1 Å². The van der Waals surface area contributed by atoms with Crippen LogP contribution in [0.1, 0.15) is 58.3 Å². The molecule has 3 nitrogen and oxygen atoms in total. The highest BCUT2D eigenvalue weighted by Gasteiger charge is 2.39. The van der Waals surface area contributed by atoms with Crippen molar-refractivity contribution in [3.05, 3.63) is 22.4 Å². The van der Waals surface area contributed by atoms with Crippen LogP contribution in [0.25, 0.3) is 0 Å². The Labute approximate surface area is 149 Å². The second-order valence-electron chi connectivity index (χ2n) is 8.39. The Bertz CT molecular complexity index is 531. The highest BCUT2D eigenvalue weighted by Crippen LogP contribution is 2.31. The molecule has 128 valence electrons. The third-order valence-electron chi connectivity index (χ3n) is 4.67. The van der Waals surface area contributed by atoms with Crippen molar-refractivity contribution in [1.29, 1.82) is 0 Å². The van der Waals surface area contributed by atoms with Crippen LogP contribution in [-0.2, 0) is 6.54 Å². The molecule has 0 atom stereocenters.